The summed E-state index contributed by atoms with van der Waals surface area (Å²) in [6.07, 6.45) is 6.33. The molecule has 1 aromatic rings. The molecule has 4 rings (SSSR count). The van der Waals surface area contributed by atoms with Gasteiger partial charge in [0.1, 0.15) is 0 Å². The zero-order valence-electron chi connectivity index (χ0n) is 16.9. The molecule has 0 radical (unpaired) electrons. The van der Waals surface area contributed by atoms with E-state index in [0.29, 0.717) is 29.9 Å². The molecule has 1 saturated carbocycles. The van der Waals surface area contributed by atoms with Crippen LogP contribution < -0.4 is 0 Å². The van der Waals surface area contributed by atoms with Crippen molar-refractivity contribution in [3.8, 4) is 0 Å². The van der Waals surface area contributed by atoms with Crippen LogP contribution in [-0.2, 0) is 10.0 Å². The molecular weight excluding hydrogens is 372 g/mol. The van der Waals surface area contributed by atoms with E-state index < -0.39 is 10.0 Å². The fraction of sp³-hybridized carbons (Fsp3) is 0.667. The molecule has 2 aliphatic heterocycles. The summed E-state index contributed by atoms with van der Waals surface area (Å²) in [6, 6.07) is 7.64. The molecule has 6 nitrogen and oxygen atoms in total. The molecule has 154 valence electrons. The first-order valence-corrected chi connectivity index (χ1v) is 12.2. The average molecular weight is 405 g/mol. The maximum atomic E-state index is 13.3. The van der Waals surface area contributed by atoms with Crippen molar-refractivity contribution in [2.45, 2.75) is 49.8 Å². The van der Waals surface area contributed by atoms with Crippen molar-refractivity contribution < 1.29 is 8.42 Å². The van der Waals surface area contributed by atoms with E-state index in [-0.39, 0.29) is 0 Å². The number of benzene rings is 1. The molecule has 0 aromatic heterocycles. The Kier molecular flexibility index (Phi) is 5.92. The van der Waals surface area contributed by atoms with Gasteiger partial charge in [-0.25, -0.2) is 12.7 Å². The fourth-order valence-corrected chi connectivity index (χ4v) is 6.09. The Morgan fingerprint density at radius 3 is 2.29 bits per heavy atom. The first kappa shape index (κ1) is 19.7. The van der Waals surface area contributed by atoms with Gasteiger partial charge in [0.15, 0.2) is 0 Å². The Labute approximate surface area is 169 Å². The lowest BCUT2D eigenvalue weighted by Crippen LogP contribution is -2.53. The molecular formula is C21H32N4O2S. The van der Waals surface area contributed by atoms with Crippen molar-refractivity contribution >= 4 is 16.0 Å². The van der Waals surface area contributed by atoms with Gasteiger partial charge in [0.25, 0.3) is 10.0 Å². The normalized spacial score (nSPS) is 22.5. The number of piperazine rings is 1. The first-order valence-electron chi connectivity index (χ1n) is 10.7. The number of sulfonamides is 1. The molecule has 1 saturated heterocycles. The SMILES string of the molecule is CCN1CCN(C2=NCCN2S(=O)(=O)c2ccc(C3CCCCC3)cc2)CC1. The van der Waals surface area contributed by atoms with Crippen LogP contribution in [0.2, 0.25) is 0 Å². The molecule has 1 aliphatic carbocycles. The maximum absolute atomic E-state index is 13.3. The Morgan fingerprint density at radius 1 is 0.964 bits per heavy atom. The number of guanidine groups is 1. The highest BCUT2D eigenvalue weighted by molar-refractivity contribution is 7.89. The highest BCUT2D eigenvalue weighted by Crippen LogP contribution is 2.33. The summed E-state index contributed by atoms with van der Waals surface area (Å²) in [5, 5.41) is 0. The zero-order chi connectivity index (χ0) is 19.6. The standard InChI is InChI=1S/C21H32N4O2S/c1-2-23-14-16-24(17-15-23)21-22-12-13-25(21)28(26,27)20-10-8-19(9-11-20)18-6-4-3-5-7-18/h8-11,18H,2-7,12-17H2,1H3. The number of nitrogens with zero attached hydrogens (tertiary/aromatic N) is 4. The molecule has 0 amide bonds. The third-order valence-corrected chi connectivity index (χ3v) is 8.22. The molecule has 0 atom stereocenters. The molecule has 0 unspecified atom stereocenters. The summed E-state index contributed by atoms with van der Waals surface area (Å²) in [4.78, 5) is 9.44. The molecule has 7 heteroatoms. The lowest BCUT2D eigenvalue weighted by molar-refractivity contribution is 0.184. The van der Waals surface area contributed by atoms with Crippen LogP contribution in [0.25, 0.3) is 0 Å². The van der Waals surface area contributed by atoms with Gasteiger partial charge in [0.05, 0.1) is 18.0 Å². The topological polar surface area (TPSA) is 56.2 Å². The van der Waals surface area contributed by atoms with E-state index >= 15 is 0 Å². The molecule has 0 N–H and O–H groups in total. The van der Waals surface area contributed by atoms with Crippen LogP contribution in [0.15, 0.2) is 34.2 Å². The summed E-state index contributed by atoms with van der Waals surface area (Å²) in [7, 11) is -3.56. The van der Waals surface area contributed by atoms with E-state index in [1.54, 1.807) is 12.1 Å². The molecule has 28 heavy (non-hydrogen) atoms. The highest BCUT2D eigenvalue weighted by atomic mass is 32.2. The summed E-state index contributed by atoms with van der Waals surface area (Å²) >= 11 is 0. The van der Waals surface area contributed by atoms with Gasteiger partial charge in [-0.15, -0.1) is 0 Å². The zero-order valence-corrected chi connectivity index (χ0v) is 17.7. The van der Waals surface area contributed by atoms with Crippen LogP contribution in [0, 0.1) is 0 Å². The van der Waals surface area contributed by atoms with Gasteiger partial charge in [-0.1, -0.05) is 38.3 Å². The lowest BCUT2D eigenvalue weighted by Gasteiger charge is -2.37. The number of aliphatic imine (C=N–C) groups is 1. The second kappa shape index (κ2) is 8.41. The van der Waals surface area contributed by atoms with Crippen molar-refractivity contribution in [1.29, 1.82) is 0 Å². The Hall–Kier alpha value is -1.60. The third kappa shape index (κ3) is 3.92. The Morgan fingerprint density at radius 2 is 1.64 bits per heavy atom. The Bertz CT molecular complexity index is 792. The quantitative estimate of drug-likeness (QED) is 0.774. The first-order chi connectivity index (χ1) is 13.6. The maximum Gasteiger partial charge on any atom is 0.266 e. The second-order valence-corrected chi connectivity index (χ2v) is 9.95. The summed E-state index contributed by atoms with van der Waals surface area (Å²) in [6.45, 7) is 7.77. The second-order valence-electron chi connectivity index (χ2n) is 8.08. The minimum Gasteiger partial charge on any atom is -0.339 e. The van der Waals surface area contributed by atoms with Crippen LogP contribution in [-0.4, -0.2) is 74.3 Å². The van der Waals surface area contributed by atoms with Crippen molar-refractivity contribution in [2.24, 2.45) is 4.99 Å². The number of rotatable bonds is 4. The minimum atomic E-state index is -3.56. The van der Waals surface area contributed by atoms with Gasteiger partial charge in [0, 0.05) is 26.2 Å². The van der Waals surface area contributed by atoms with Gasteiger partial charge in [-0.2, -0.15) is 0 Å². The van der Waals surface area contributed by atoms with Crippen LogP contribution in [0.1, 0.15) is 50.5 Å². The number of hydrogen-bond donors (Lipinski definition) is 0. The van der Waals surface area contributed by atoms with Crippen molar-refractivity contribution in [2.75, 3.05) is 45.8 Å². The van der Waals surface area contributed by atoms with Gasteiger partial charge < -0.3 is 9.80 Å². The van der Waals surface area contributed by atoms with Gasteiger partial charge in [-0.3, -0.25) is 4.99 Å². The van der Waals surface area contributed by atoms with Gasteiger partial charge >= 0.3 is 0 Å². The van der Waals surface area contributed by atoms with Crippen molar-refractivity contribution in [1.82, 2.24) is 14.1 Å². The van der Waals surface area contributed by atoms with Crippen LogP contribution in [0.5, 0.6) is 0 Å². The number of hydrogen-bond acceptors (Lipinski definition) is 5. The van der Waals surface area contributed by atoms with Crippen LogP contribution in [0.4, 0.5) is 0 Å². The smallest absolute Gasteiger partial charge is 0.266 e. The predicted octanol–water partition coefficient (Wildman–Crippen LogP) is 2.73. The van der Waals surface area contributed by atoms with E-state index in [2.05, 4.69) is 21.7 Å². The molecule has 0 bridgehead atoms. The van der Waals surface area contributed by atoms with Crippen LogP contribution in [0.3, 0.4) is 0 Å². The fourth-order valence-electron chi connectivity index (χ4n) is 4.64. The molecule has 2 heterocycles. The van der Waals surface area contributed by atoms with Gasteiger partial charge in [-0.05, 0) is 43.0 Å². The third-order valence-electron chi connectivity index (χ3n) is 6.43. The highest BCUT2D eigenvalue weighted by Gasteiger charge is 2.34. The van der Waals surface area contributed by atoms with Crippen molar-refractivity contribution in [3.63, 3.8) is 0 Å². The van der Waals surface area contributed by atoms with E-state index in [0.717, 1.165) is 32.7 Å². The largest absolute Gasteiger partial charge is 0.339 e. The molecule has 0 spiro atoms. The van der Waals surface area contributed by atoms with Gasteiger partial charge in [0.2, 0.25) is 5.96 Å². The molecule has 1 aromatic carbocycles. The predicted molar refractivity (Wildman–Crippen MR) is 112 cm³/mol. The minimum absolute atomic E-state index is 0.383. The van der Waals surface area contributed by atoms with Crippen LogP contribution >= 0.6 is 0 Å². The van der Waals surface area contributed by atoms with Crippen molar-refractivity contribution in [3.05, 3.63) is 29.8 Å². The molecule has 2 fully saturated rings. The summed E-state index contributed by atoms with van der Waals surface area (Å²) < 4.78 is 28.1. The lowest BCUT2D eigenvalue weighted by atomic mass is 9.84. The monoisotopic (exact) mass is 404 g/mol. The van der Waals surface area contributed by atoms with E-state index in [1.807, 2.05) is 12.1 Å². The van der Waals surface area contributed by atoms with E-state index in [4.69, 9.17) is 0 Å². The van der Waals surface area contributed by atoms with E-state index in [9.17, 15) is 8.42 Å². The van der Waals surface area contributed by atoms with E-state index in [1.165, 1.54) is 42.0 Å². The number of likely N-dealkylation sites (N-methyl/N-ethyl adjacent to an activating group) is 1. The summed E-state index contributed by atoms with van der Waals surface area (Å²) in [5.74, 6) is 1.22. The average Bonchev–Trinajstić information content (AvgIpc) is 3.25. The molecule has 3 aliphatic rings. The Balaban J connectivity index is 1.48. The summed E-state index contributed by atoms with van der Waals surface area (Å²) in [5.41, 5.74) is 1.28.